The van der Waals surface area contributed by atoms with Crippen LogP contribution < -0.4 is 4.74 Å². The Labute approximate surface area is 194 Å². The van der Waals surface area contributed by atoms with Gasteiger partial charge in [0.05, 0.1) is 29.0 Å². The number of amides is 1. The minimum Gasteiger partial charge on any atom is -0.507 e. The van der Waals surface area contributed by atoms with Crippen LogP contribution in [0.3, 0.4) is 0 Å². The number of ketones is 1. The number of aromatic nitrogens is 1. The van der Waals surface area contributed by atoms with Crippen LogP contribution in [-0.4, -0.2) is 33.8 Å². The van der Waals surface area contributed by atoms with Crippen LogP contribution in [0.2, 0.25) is 5.02 Å². The molecule has 0 aliphatic carbocycles. The van der Waals surface area contributed by atoms with Crippen LogP contribution in [0.4, 0.5) is 4.39 Å². The minimum absolute atomic E-state index is 0.0224. The van der Waals surface area contributed by atoms with E-state index in [2.05, 4.69) is 4.98 Å². The lowest BCUT2D eigenvalue weighted by atomic mass is 9.97. The normalized spacial score (nSPS) is 17.5. The molecule has 1 aromatic heterocycles. The Morgan fingerprint density at radius 1 is 1.18 bits per heavy atom. The molecule has 1 unspecified atom stereocenters. The summed E-state index contributed by atoms with van der Waals surface area (Å²) in [6.07, 6.45) is 1.54. The van der Waals surface area contributed by atoms with Gasteiger partial charge in [-0.2, -0.15) is 0 Å². The van der Waals surface area contributed by atoms with E-state index in [1.165, 1.54) is 42.5 Å². The van der Waals surface area contributed by atoms with Crippen LogP contribution in [0, 0.1) is 12.7 Å². The second-order valence-corrected chi connectivity index (χ2v) is 8.04. The van der Waals surface area contributed by atoms with Crippen molar-refractivity contribution in [1.82, 2.24) is 9.88 Å². The molecule has 1 N–H and O–H groups in total. The molecule has 1 aliphatic rings. The Bertz CT molecular complexity index is 1260. The molecule has 0 bridgehead atoms. The van der Waals surface area contributed by atoms with E-state index in [0.29, 0.717) is 11.3 Å². The second-order valence-electron chi connectivity index (χ2n) is 7.64. The molecule has 1 saturated heterocycles. The fourth-order valence-corrected chi connectivity index (χ4v) is 4.28. The molecule has 0 saturated carbocycles. The zero-order chi connectivity index (χ0) is 23.7. The van der Waals surface area contributed by atoms with Gasteiger partial charge in [-0.3, -0.25) is 14.6 Å². The van der Waals surface area contributed by atoms with E-state index in [9.17, 15) is 19.1 Å². The maximum Gasteiger partial charge on any atom is 0.296 e. The van der Waals surface area contributed by atoms with Crippen molar-refractivity contribution in [2.45, 2.75) is 19.5 Å². The van der Waals surface area contributed by atoms with Crippen molar-refractivity contribution in [3.05, 3.63) is 99.6 Å². The van der Waals surface area contributed by atoms with E-state index in [-0.39, 0.29) is 28.5 Å². The van der Waals surface area contributed by atoms with Crippen molar-refractivity contribution in [3.63, 3.8) is 0 Å². The first-order valence-electron chi connectivity index (χ1n) is 10.1. The number of methoxy groups -OCH3 is 1. The molecular weight excluding hydrogens is 447 g/mol. The number of aliphatic hydroxyl groups is 1. The van der Waals surface area contributed by atoms with Crippen LogP contribution in [0.15, 0.2) is 66.4 Å². The first-order chi connectivity index (χ1) is 15.8. The Morgan fingerprint density at radius 2 is 1.91 bits per heavy atom. The lowest BCUT2D eigenvalue weighted by Gasteiger charge is -2.24. The molecule has 4 rings (SSSR count). The third kappa shape index (κ3) is 4.19. The molecule has 2 aromatic carbocycles. The quantitative estimate of drug-likeness (QED) is 0.331. The van der Waals surface area contributed by atoms with E-state index in [4.69, 9.17) is 16.3 Å². The lowest BCUT2D eigenvalue weighted by Crippen LogP contribution is -2.29. The molecule has 1 fully saturated rings. The number of hydrogen-bond donors (Lipinski definition) is 1. The van der Waals surface area contributed by atoms with Gasteiger partial charge in [-0.15, -0.1) is 0 Å². The van der Waals surface area contributed by atoms with Gasteiger partial charge in [0, 0.05) is 12.7 Å². The monoisotopic (exact) mass is 466 g/mol. The van der Waals surface area contributed by atoms with Crippen molar-refractivity contribution < 1.29 is 23.8 Å². The van der Waals surface area contributed by atoms with Gasteiger partial charge in [0.1, 0.15) is 23.4 Å². The van der Waals surface area contributed by atoms with Crippen molar-refractivity contribution in [2.24, 2.45) is 0 Å². The highest BCUT2D eigenvalue weighted by atomic mass is 35.5. The molecule has 3 aromatic rings. The average molecular weight is 467 g/mol. The third-order valence-electron chi connectivity index (χ3n) is 5.42. The molecule has 33 heavy (non-hydrogen) atoms. The van der Waals surface area contributed by atoms with E-state index >= 15 is 0 Å². The molecule has 6 nitrogen and oxygen atoms in total. The summed E-state index contributed by atoms with van der Waals surface area (Å²) in [5.74, 6) is -2.29. The Morgan fingerprint density at radius 3 is 2.55 bits per heavy atom. The number of carbonyl (C=O) groups excluding carboxylic acids is 2. The minimum atomic E-state index is -0.958. The number of nitrogens with zero attached hydrogens (tertiary/aromatic N) is 2. The number of carbonyl (C=O) groups is 2. The molecule has 1 atom stereocenters. The van der Waals surface area contributed by atoms with Crippen LogP contribution in [0.1, 0.15) is 28.4 Å². The zero-order valence-corrected chi connectivity index (χ0v) is 18.6. The summed E-state index contributed by atoms with van der Waals surface area (Å²) in [6, 6.07) is 13.1. The highest BCUT2D eigenvalue weighted by molar-refractivity contribution is 6.46. The summed E-state index contributed by atoms with van der Waals surface area (Å²) in [4.78, 5) is 31.9. The fourth-order valence-electron chi connectivity index (χ4n) is 3.93. The summed E-state index contributed by atoms with van der Waals surface area (Å²) in [6.45, 7) is 1.81. The van der Waals surface area contributed by atoms with Gasteiger partial charge in [0.15, 0.2) is 0 Å². The molecule has 168 valence electrons. The molecule has 0 spiro atoms. The maximum atomic E-state index is 13.4. The number of Topliss-reactive ketones (excluding diaryl/α,β-unsaturated/α-hetero) is 1. The Balaban J connectivity index is 1.90. The topological polar surface area (TPSA) is 79.7 Å². The number of ether oxygens (including phenoxy) is 1. The first kappa shape index (κ1) is 22.5. The number of benzene rings is 2. The standard InChI is InChI=1S/C25H20ClFN2O4/c1-14-11-17(24(33-2)18(26)12-14)22(30)20-21(19-5-3-4-10-28-19)29(25(32)23(20)31)13-15-6-8-16(27)9-7-15/h3-12,21,30H,13H2,1-2H3/b22-20+. The highest BCUT2D eigenvalue weighted by Crippen LogP contribution is 2.42. The molecule has 2 heterocycles. The second kappa shape index (κ2) is 9.03. The van der Waals surface area contributed by atoms with Crippen LogP contribution in [-0.2, 0) is 16.1 Å². The van der Waals surface area contributed by atoms with Crippen molar-refractivity contribution >= 4 is 29.1 Å². The number of halogens is 2. The van der Waals surface area contributed by atoms with Crippen LogP contribution >= 0.6 is 11.6 Å². The van der Waals surface area contributed by atoms with Crippen molar-refractivity contribution in [1.29, 1.82) is 0 Å². The summed E-state index contributed by atoms with van der Waals surface area (Å²) < 4.78 is 18.7. The number of likely N-dealkylation sites (tertiary alicyclic amines) is 1. The number of rotatable bonds is 5. The van der Waals surface area contributed by atoms with E-state index < -0.39 is 29.3 Å². The van der Waals surface area contributed by atoms with Gasteiger partial charge in [-0.25, -0.2) is 4.39 Å². The third-order valence-corrected chi connectivity index (χ3v) is 5.70. The Hall–Kier alpha value is -3.71. The van der Waals surface area contributed by atoms with Gasteiger partial charge in [0.2, 0.25) is 0 Å². The van der Waals surface area contributed by atoms with E-state index in [1.54, 1.807) is 37.3 Å². The number of pyridine rings is 1. The van der Waals surface area contributed by atoms with Gasteiger partial charge in [-0.1, -0.05) is 29.8 Å². The molecule has 1 amide bonds. The van der Waals surface area contributed by atoms with E-state index in [0.717, 1.165) is 5.56 Å². The Kier molecular flexibility index (Phi) is 6.16. The summed E-state index contributed by atoms with van der Waals surface area (Å²) >= 11 is 6.29. The molecule has 8 heteroatoms. The van der Waals surface area contributed by atoms with Gasteiger partial charge in [0.25, 0.3) is 11.7 Å². The fraction of sp³-hybridized carbons (Fsp3) is 0.160. The zero-order valence-electron chi connectivity index (χ0n) is 17.9. The van der Waals surface area contributed by atoms with Crippen LogP contribution in [0.5, 0.6) is 5.75 Å². The largest absolute Gasteiger partial charge is 0.507 e. The summed E-state index contributed by atoms with van der Waals surface area (Å²) in [7, 11) is 1.40. The summed E-state index contributed by atoms with van der Waals surface area (Å²) in [5.41, 5.74) is 1.83. The van der Waals surface area contributed by atoms with E-state index in [1.807, 2.05) is 0 Å². The molecular formula is C25H20ClFN2O4. The lowest BCUT2D eigenvalue weighted by molar-refractivity contribution is -0.140. The number of aryl methyl sites for hydroxylation is 1. The highest BCUT2D eigenvalue weighted by Gasteiger charge is 2.47. The summed E-state index contributed by atoms with van der Waals surface area (Å²) in [5, 5.41) is 11.5. The van der Waals surface area contributed by atoms with Crippen molar-refractivity contribution in [2.75, 3.05) is 7.11 Å². The average Bonchev–Trinajstić information content (AvgIpc) is 3.05. The predicted octanol–water partition coefficient (Wildman–Crippen LogP) is 4.81. The number of hydrogen-bond acceptors (Lipinski definition) is 5. The van der Waals surface area contributed by atoms with Gasteiger partial charge in [-0.05, 0) is 54.4 Å². The van der Waals surface area contributed by atoms with Crippen LogP contribution in [0.25, 0.3) is 5.76 Å². The van der Waals surface area contributed by atoms with Gasteiger partial charge >= 0.3 is 0 Å². The first-order valence-corrected chi connectivity index (χ1v) is 10.5. The molecule has 0 radical (unpaired) electrons. The maximum absolute atomic E-state index is 13.4. The molecule has 1 aliphatic heterocycles. The van der Waals surface area contributed by atoms with Crippen molar-refractivity contribution in [3.8, 4) is 5.75 Å². The SMILES string of the molecule is COc1c(Cl)cc(C)cc1/C(O)=C1\C(=O)C(=O)N(Cc2ccc(F)cc2)C1c1ccccn1. The smallest absolute Gasteiger partial charge is 0.296 e. The van der Waals surface area contributed by atoms with Gasteiger partial charge < -0.3 is 14.7 Å². The number of aliphatic hydroxyl groups excluding tert-OH is 1. The predicted molar refractivity (Wildman–Crippen MR) is 121 cm³/mol.